The summed E-state index contributed by atoms with van der Waals surface area (Å²) >= 11 is 1.09. The summed E-state index contributed by atoms with van der Waals surface area (Å²) in [5.41, 5.74) is 2.07. The summed E-state index contributed by atoms with van der Waals surface area (Å²) in [6.45, 7) is 0.357. The molecule has 0 aromatic carbocycles. The topological polar surface area (TPSA) is 188 Å². The van der Waals surface area contributed by atoms with Crippen LogP contribution in [0.25, 0.3) is 0 Å². The van der Waals surface area contributed by atoms with E-state index in [1.165, 1.54) is 6.07 Å². The van der Waals surface area contributed by atoms with Crippen molar-refractivity contribution in [1.29, 1.82) is 0 Å². The van der Waals surface area contributed by atoms with Crippen molar-refractivity contribution < 1.29 is 67.6 Å². The van der Waals surface area contributed by atoms with Gasteiger partial charge in [0.15, 0.2) is 10.9 Å². The molecule has 0 spiro atoms. The zero-order valence-corrected chi connectivity index (χ0v) is 19.9. The number of carbonyl (C=O) groups excluding carboxylic acids is 5. The fourth-order valence-corrected chi connectivity index (χ4v) is 6.49. The zero-order chi connectivity index (χ0) is 22.2. The third-order valence-corrected chi connectivity index (χ3v) is 7.45. The van der Waals surface area contributed by atoms with E-state index in [0.29, 0.717) is 9.78 Å². The van der Waals surface area contributed by atoms with Gasteiger partial charge in [-0.1, -0.05) is 6.07 Å². The van der Waals surface area contributed by atoms with Crippen LogP contribution in [0.2, 0.25) is 0 Å². The molecule has 3 rings (SSSR count). The molecule has 0 radical (unpaired) electrons. The predicted molar refractivity (Wildman–Crippen MR) is 99.1 cm³/mol. The van der Waals surface area contributed by atoms with E-state index in [4.69, 9.17) is 5.73 Å². The van der Waals surface area contributed by atoms with E-state index >= 15 is 0 Å². The number of hydrogen-bond acceptors (Lipinski definition) is 9. The molecule has 15 heteroatoms. The molecule has 0 saturated carbocycles. The number of nitrogens with one attached hydrogen (secondary N) is 2. The molecule has 0 aliphatic carbocycles. The van der Waals surface area contributed by atoms with Crippen LogP contribution in [-0.4, -0.2) is 56.8 Å². The number of nitrogens with two attached hydrogens (primary N) is 1. The number of thiophene rings is 1. The first-order chi connectivity index (χ1) is 14.2. The van der Waals surface area contributed by atoms with Crippen LogP contribution in [0, 0.1) is 0 Å². The predicted octanol–water partition coefficient (Wildman–Crippen LogP) is -5.81. The number of ether oxygens (including phenoxy) is 1. The number of nitrogens with zero attached hydrogens (tertiary/aromatic N) is 1. The van der Waals surface area contributed by atoms with Crippen LogP contribution in [-0.2, 0) is 40.3 Å². The Hall–Kier alpha value is -2.26. The van der Waals surface area contributed by atoms with E-state index in [-0.39, 0.29) is 41.5 Å². The van der Waals surface area contributed by atoms with Gasteiger partial charge in [-0.05, 0) is 11.4 Å². The van der Waals surface area contributed by atoms with Gasteiger partial charge in [0.2, 0.25) is 12.3 Å². The van der Waals surface area contributed by atoms with Gasteiger partial charge in [0, 0.05) is 17.4 Å². The quantitative estimate of drug-likeness (QED) is 0.196. The van der Waals surface area contributed by atoms with Crippen molar-refractivity contribution >= 4 is 52.4 Å². The van der Waals surface area contributed by atoms with Crippen LogP contribution in [0.5, 0.6) is 0 Å². The molecule has 1 aromatic heterocycles. The summed E-state index contributed by atoms with van der Waals surface area (Å²) in [4.78, 5) is 60.1. The van der Waals surface area contributed by atoms with Crippen molar-refractivity contribution in [3.05, 3.63) is 33.7 Å². The third-order valence-electron chi connectivity index (χ3n) is 4.57. The Kier molecular flexibility index (Phi) is 7.65. The van der Waals surface area contributed by atoms with Crippen LogP contribution >= 0.6 is 11.3 Å². The Morgan fingerprint density at radius 3 is 2.61 bits per heavy atom. The summed E-state index contributed by atoms with van der Waals surface area (Å²) in [7, 11) is -2.17. The van der Waals surface area contributed by atoms with E-state index in [9.17, 15) is 33.3 Å². The number of rotatable bonds is 7. The molecule has 1 aromatic rings. The number of amides is 4. The standard InChI is InChI=1S/C16H16N4O8S2.Na/c1-7(22)19-11-8(5-28-15(17)26)10(12(23)24)20-13(25)16(18-6-21,14(20)30(11)27)9-3-2-4-29-9;/h2-4,6,11,14H,5H2,1H3,(H2,17,26)(H,18,21)(H,19,22)(H,23,24);/q;+1/p-1/t11?,14-,16+,30?;/m1./s1. The largest absolute Gasteiger partial charge is 1.00 e. The molecule has 4 atom stereocenters. The number of hydrogen-bond donors (Lipinski definition) is 3. The molecule has 2 aliphatic heterocycles. The summed E-state index contributed by atoms with van der Waals surface area (Å²) < 4.78 is 18.0. The second-order valence-corrected chi connectivity index (χ2v) is 8.78. The first kappa shape index (κ1) is 25.0. The van der Waals surface area contributed by atoms with Crippen molar-refractivity contribution in [2.24, 2.45) is 5.73 Å². The van der Waals surface area contributed by atoms with Crippen molar-refractivity contribution in [3.8, 4) is 0 Å². The molecule has 0 bridgehead atoms. The molecule has 3 heterocycles. The van der Waals surface area contributed by atoms with Gasteiger partial charge < -0.3 is 31.0 Å². The van der Waals surface area contributed by atoms with Crippen LogP contribution in [0.3, 0.4) is 0 Å². The van der Waals surface area contributed by atoms with Crippen molar-refractivity contribution in [3.63, 3.8) is 0 Å². The Bertz CT molecular complexity index is 998. The number of carboxylic acids is 1. The van der Waals surface area contributed by atoms with Gasteiger partial charge in [0.05, 0.1) is 22.5 Å². The van der Waals surface area contributed by atoms with Gasteiger partial charge in [0.1, 0.15) is 12.0 Å². The molecular weight excluding hydrogens is 463 g/mol. The molecule has 31 heavy (non-hydrogen) atoms. The fraction of sp³-hybridized carbons (Fsp3) is 0.312. The van der Waals surface area contributed by atoms with Gasteiger partial charge in [-0.2, -0.15) is 0 Å². The summed E-state index contributed by atoms with van der Waals surface area (Å²) in [6.07, 6.45) is -1.01. The number of carbonyl (C=O) groups is 5. The molecular formula is C16H15N4NaO8S2. The van der Waals surface area contributed by atoms with Crippen LogP contribution in [0.1, 0.15) is 11.8 Å². The molecule has 12 nitrogen and oxygen atoms in total. The second kappa shape index (κ2) is 9.48. The van der Waals surface area contributed by atoms with E-state index in [2.05, 4.69) is 15.4 Å². The van der Waals surface area contributed by atoms with Gasteiger partial charge >= 0.3 is 35.7 Å². The average Bonchev–Trinajstić information content (AvgIpc) is 3.20. The minimum absolute atomic E-state index is 0. The molecule has 1 saturated heterocycles. The van der Waals surface area contributed by atoms with E-state index in [0.717, 1.165) is 18.3 Å². The minimum Gasteiger partial charge on any atom is -0.543 e. The summed E-state index contributed by atoms with van der Waals surface area (Å²) in [5.74, 6) is -3.35. The summed E-state index contributed by atoms with van der Waals surface area (Å²) in [5, 5.41) is 15.4. The van der Waals surface area contributed by atoms with E-state index < -0.39 is 63.3 Å². The maximum absolute atomic E-state index is 13.4. The number of aliphatic carboxylic acids is 1. The van der Waals surface area contributed by atoms with Crippen molar-refractivity contribution in [2.75, 3.05) is 6.61 Å². The Labute approximate surface area is 203 Å². The van der Waals surface area contributed by atoms with Gasteiger partial charge in [-0.15, -0.1) is 11.3 Å². The van der Waals surface area contributed by atoms with Crippen LogP contribution in [0.4, 0.5) is 4.79 Å². The number of fused-ring (bicyclic) bond motifs is 1. The van der Waals surface area contributed by atoms with E-state index in [1.54, 1.807) is 11.4 Å². The van der Waals surface area contributed by atoms with Crippen LogP contribution < -0.4 is 51.0 Å². The average molecular weight is 478 g/mol. The Morgan fingerprint density at radius 2 is 2.13 bits per heavy atom. The molecule has 1 fully saturated rings. The minimum atomic E-state index is -2.17. The normalized spacial score (nSPS) is 26.7. The second-order valence-electron chi connectivity index (χ2n) is 6.25. The first-order valence-corrected chi connectivity index (χ1v) is 10.4. The third kappa shape index (κ3) is 4.01. The van der Waals surface area contributed by atoms with Gasteiger partial charge in [0.25, 0.3) is 5.91 Å². The van der Waals surface area contributed by atoms with Crippen LogP contribution in [0.15, 0.2) is 28.8 Å². The van der Waals surface area contributed by atoms with Crippen molar-refractivity contribution in [1.82, 2.24) is 15.5 Å². The smallest absolute Gasteiger partial charge is 0.543 e. The van der Waals surface area contributed by atoms with Gasteiger partial charge in [-0.25, -0.2) is 4.79 Å². The molecule has 2 unspecified atom stereocenters. The number of carboxylic acid groups (broad SMARTS) is 1. The maximum Gasteiger partial charge on any atom is 1.00 e. The molecule has 160 valence electrons. The number of primary amides is 1. The number of β-lactam (4-membered cyclic amide) rings is 1. The van der Waals surface area contributed by atoms with E-state index in [1.807, 2.05) is 0 Å². The monoisotopic (exact) mass is 478 g/mol. The molecule has 4 amide bonds. The zero-order valence-electron chi connectivity index (χ0n) is 16.3. The maximum atomic E-state index is 13.4. The molecule has 2 aliphatic rings. The Morgan fingerprint density at radius 1 is 1.45 bits per heavy atom. The van der Waals surface area contributed by atoms with Gasteiger partial charge in [-0.3, -0.25) is 23.5 Å². The SMILES string of the molecule is CC(=O)NC1C(COC(N)=O)=C(C(=O)[O-])N2C(=O)[C@@](NC=O)(c3cccs3)[C@H]2S1=O.[Na+]. The fourth-order valence-electron chi connectivity index (χ4n) is 3.45. The summed E-state index contributed by atoms with van der Waals surface area (Å²) in [6, 6.07) is 3.12. The molecule has 4 N–H and O–H groups in total. The first-order valence-electron chi connectivity index (χ1n) is 8.28. The van der Waals surface area contributed by atoms with Crippen molar-refractivity contribution in [2.45, 2.75) is 23.2 Å². The Balaban J connectivity index is 0.00000341.